The maximum absolute atomic E-state index is 16.0. The molecule has 2 atom stereocenters. The Labute approximate surface area is 245 Å². The molecule has 0 saturated carbocycles. The summed E-state index contributed by atoms with van der Waals surface area (Å²) >= 11 is 1.54. The molecule has 2 N–H and O–H groups in total. The lowest BCUT2D eigenvalue weighted by Gasteiger charge is -2.34. The van der Waals surface area contributed by atoms with E-state index in [2.05, 4.69) is 45.1 Å². The highest BCUT2D eigenvalue weighted by atomic mass is 32.1. The van der Waals surface area contributed by atoms with Gasteiger partial charge in [-0.25, -0.2) is 19.2 Å². The van der Waals surface area contributed by atoms with Crippen molar-refractivity contribution in [3.05, 3.63) is 77.1 Å². The Morgan fingerprint density at radius 2 is 2.00 bits per heavy atom. The van der Waals surface area contributed by atoms with Gasteiger partial charge in [0.2, 0.25) is 0 Å². The number of halogens is 2. The van der Waals surface area contributed by atoms with Gasteiger partial charge >= 0.3 is 0 Å². The van der Waals surface area contributed by atoms with Crippen molar-refractivity contribution in [3.63, 3.8) is 0 Å². The van der Waals surface area contributed by atoms with Gasteiger partial charge in [-0.1, -0.05) is 18.9 Å². The van der Waals surface area contributed by atoms with E-state index in [0.717, 1.165) is 82.8 Å². The minimum Gasteiger partial charge on any atom is -0.493 e. The predicted molar refractivity (Wildman–Crippen MR) is 161 cm³/mol. The third-order valence-electron chi connectivity index (χ3n) is 8.65. The zero-order chi connectivity index (χ0) is 28.4. The molecule has 1 unspecified atom stereocenters. The summed E-state index contributed by atoms with van der Waals surface area (Å²) in [5, 5.41) is 14.3. The first-order chi connectivity index (χ1) is 20.5. The van der Waals surface area contributed by atoms with Crippen molar-refractivity contribution >= 4 is 32.3 Å². The Balaban J connectivity index is 1.39. The summed E-state index contributed by atoms with van der Waals surface area (Å²) in [5.74, 6) is -1.09. The van der Waals surface area contributed by atoms with E-state index in [1.807, 2.05) is 29.4 Å². The van der Waals surface area contributed by atoms with E-state index in [0.29, 0.717) is 23.9 Å². The molecule has 0 amide bonds. The van der Waals surface area contributed by atoms with Gasteiger partial charge in [-0.05, 0) is 42.5 Å². The number of hydrogen-bond acceptors (Lipinski definition) is 7. The highest BCUT2D eigenvalue weighted by molar-refractivity contribution is 7.17. The van der Waals surface area contributed by atoms with Gasteiger partial charge in [0, 0.05) is 70.6 Å². The van der Waals surface area contributed by atoms with E-state index in [4.69, 9.17) is 9.72 Å². The third-order valence-corrected chi connectivity index (χ3v) is 9.58. The molecule has 1 saturated heterocycles. The number of piperazine rings is 1. The van der Waals surface area contributed by atoms with E-state index < -0.39 is 11.6 Å². The average Bonchev–Trinajstić information content (AvgIpc) is 3.72. The van der Waals surface area contributed by atoms with E-state index >= 15 is 4.39 Å². The lowest BCUT2D eigenvalue weighted by molar-refractivity contribution is 0.187. The summed E-state index contributed by atoms with van der Waals surface area (Å²) in [6.07, 6.45) is 7.95. The lowest BCUT2D eigenvalue weighted by Crippen LogP contribution is -2.51. The maximum Gasteiger partial charge on any atom is 0.137 e. The summed E-state index contributed by atoms with van der Waals surface area (Å²) in [4.78, 5) is 5.32. The van der Waals surface area contributed by atoms with Gasteiger partial charge in [0.05, 0.1) is 41.3 Å². The molecule has 0 spiro atoms. The minimum atomic E-state index is -0.654. The molecule has 3 aliphatic rings. The monoisotopic (exact) mass is 584 g/mol. The largest absolute Gasteiger partial charge is 0.493 e. The Morgan fingerprint density at radius 3 is 2.93 bits per heavy atom. The lowest BCUT2D eigenvalue weighted by atomic mass is 9.94. The second kappa shape index (κ2) is 10.1. The Bertz CT molecular complexity index is 1880. The molecule has 3 aliphatic heterocycles. The second-order valence-corrected chi connectivity index (χ2v) is 12.3. The van der Waals surface area contributed by atoms with Crippen LogP contribution in [0.1, 0.15) is 37.4 Å². The quantitative estimate of drug-likeness (QED) is 0.236. The second-order valence-electron chi connectivity index (χ2n) is 11.3. The van der Waals surface area contributed by atoms with Crippen LogP contribution in [-0.4, -0.2) is 45.5 Å². The number of ether oxygens (including phenoxy) is 1. The summed E-state index contributed by atoms with van der Waals surface area (Å²) in [7, 11) is 1.93. The normalized spacial score (nSPS) is 20.6. The van der Waals surface area contributed by atoms with Gasteiger partial charge in [-0.2, -0.15) is 5.10 Å². The molecule has 7 nitrogen and oxygen atoms in total. The summed E-state index contributed by atoms with van der Waals surface area (Å²) < 4.78 is 39.5. The van der Waals surface area contributed by atoms with Gasteiger partial charge in [0.25, 0.3) is 0 Å². The molecule has 1 fully saturated rings. The SMILES string of the molecule is Cn1ncc2cc(-c3nc4c(c5sccc35)-c3c(F)cc(F)cc3OCCCCC[C@@H]3CN5NC4C=C5CN3)ccc21. The highest BCUT2D eigenvalue weighted by Gasteiger charge is 2.34. The molecule has 2 aromatic carbocycles. The van der Waals surface area contributed by atoms with Crippen LogP contribution in [-0.2, 0) is 7.05 Å². The van der Waals surface area contributed by atoms with Crippen LogP contribution in [0.3, 0.4) is 0 Å². The van der Waals surface area contributed by atoms with Crippen LogP contribution in [0.2, 0.25) is 0 Å². The van der Waals surface area contributed by atoms with Gasteiger partial charge in [-0.3, -0.25) is 4.68 Å². The number of benzene rings is 2. The Kier molecular flexibility index (Phi) is 6.24. The van der Waals surface area contributed by atoms with Crippen molar-refractivity contribution in [1.82, 2.24) is 30.5 Å². The number of fused-ring (bicyclic) bond motifs is 9. The van der Waals surface area contributed by atoms with Crippen LogP contribution in [0.5, 0.6) is 5.75 Å². The number of aryl methyl sites for hydroxylation is 1. The molecule has 42 heavy (non-hydrogen) atoms. The maximum atomic E-state index is 16.0. The van der Waals surface area contributed by atoms with Crippen molar-refractivity contribution in [2.24, 2.45) is 7.05 Å². The summed E-state index contributed by atoms with van der Waals surface area (Å²) in [5.41, 5.74) is 9.23. The van der Waals surface area contributed by atoms with E-state index in [-0.39, 0.29) is 17.4 Å². The standard InChI is InChI=1S/C32H30F2N6OS/c1-39-26-7-6-18(11-19(26)15-36-39)30-23-8-10-42-32(23)29-28-24(34)12-20(33)13-27(28)41-9-4-2-3-5-21-17-40-22(16-35-21)14-25(38-40)31(29)37-30/h6-8,10-15,21,25,35,38H,2-5,9,16-17H2,1H3/t21-,25?/m1/s1. The zero-order valence-corrected chi connectivity index (χ0v) is 24.0. The fraction of sp³-hybridized carbons (Fsp3) is 0.312. The average molecular weight is 585 g/mol. The number of rotatable bonds is 1. The number of hydrogen-bond donors (Lipinski definition) is 2. The van der Waals surface area contributed by atoms with E-state index in [1.54, 1.807) is 0 Å². The molecular formula is C32H30F2N6OS. The van der Waals surface area contributed by atoms with Crippen LogP contribution in [0.15, 0.2) is 59.7 Å². The molecule has 3 bridgehead atoms. The van der Waals surface area contributed by atoms with Gasteiger partial charge in [0.15, 0.2) is 0 Å². The zero-order valence-electron chi connectivity index (χ0n) is 23.2. The molecule has 0 radical (unpaired) electrons. The molecule has 0 aliphatic carbocycles. The molecule has 8 rings (SSSR count). The van der Waals surface area contributed by atoms with Crippen molar-refractivity contribution in [1.29, 1.82) is 0 Å². The van der Waals surface area contributed by atoms with Crippen LogP contribution in [0.25, 0.3) is 43.4 Å². The van der Waals surface area contributed by atoms with Crippen molar-refractivity contribution < 1.29 is 13.5 Å². The van der Waals surface area contributed by atoms with Crippen LogP contribution < -0.4 is 15.5 Å². The molecular weight excluding hydrogens is 554 g/mol. The smallest absolute Gasteiger partial charge is 0.137 e. The Hall–Kier alpha value is -3.86. The molecule has 6 heterocycles. The Morgan fingerprint density at radius 1 is 1.07 bits per heavy atom. The van der Waals surface area contributed by atoms with Crippen molar-refractivity contribution in [3.8, 4) is 28.1 Å². The first kappa shape index (κ1) is 25.8. The minimum absolute atomic E-state index is 0.218. The first-order valence-electron chi connectivity index (χ1n) is 14.5. The van der Waals surface area contributed by atoms with E-state index in [1.165, 1.54) is 17.4 Å². The van der Waals surface area contributed by atoms with Gasteiger partial charge < -0.3 is 15.1 Å². The predicted octanol–water partition coefficient (Wildman–Crippen LogP) is 6.47. The fourth-order valence-electron chi connectivity index (χ4n) is 6.56. The van der Waals surface area contributed by atoms with Crippen LogP contribution in [0.4, 0.5) is 8.78 Å². The number of aromatic nitrogens is 3. The van der Waals surface area contributed by atoms with E-state index in [9.17, 15) is 4.39 Å². The number of thiophene rings is 1. The summed E-state index contributed by atoms with van der Waals surface area (Å²) in [6, 6.07) is 10.6. The highest BCUT2D eigenvalue weighted by Crippen LogP contribution is 2.47. The fourth-order valence-corrected chi connectivity index (χ4v) is 7.52. The first-order valence-corrected chi connectivity index (χ1v) is 15.3. The third kappa shape index (κ3) is 4.28. The number of hydrazine groups is 1. The summed E-state index contributed by atoms with van der Waals surface area (Å²) in [6.45, 7) is 2.00. The molecule has 214 valence electrons. The topological polar surface area (TPSA) is 67.2 Å². The molecule has 5 aromatic rings. The number of pyridine rings is 1. The van der Waals surface area contributed by atoms with Crippen LogP contribution >= 0.6 is 11.3 Å². The molecule has 3 aromatic heterocycles. The number of nitrogens with one attached hydrogen (secondary N) is 2. The van der Waals surface area contributed by atoms with Crippen molar-refractivity contribution in [2.45, 2.75) is 37.8 Å². The number of nitrogens with zero attached hydrogens (tertiary/aromatic N) is 4. The van der Waals surface area contributed by atoms with Gasteiger partial charge in [0.1, 0.15) is 17.4 Å². The van der Waals surface area contributed by atoms with Crippen LogP contribution in [0, 0.1) is 11.6 Å². The van der Waals surface area contributed by atoms with Gasteiger partial charge in [-0.15, -0.1) is 11.3 Å². The van der Waals surface area contributed by atoms with Crippen molar-refractivity contribution in [2.75, 3.05) is 19.7 Å². The molecule has 10 heteroatoms.